The molecule has 1 aliphatic heterocycles. The summed E-state index contributed by atoms with van der Waals surface area (Å²) in [5.41, 5.74) is 7.42. The van der Waals surface area contributed by atoms with Gasteiger partial charge in [0.1, 0.15) is 11.6 Å². The zero-order valence-corrected chi connectivity index (χ0v) is 14.8. The van der Waals surface area contributed by atoms with E-state index in [1.54, 1.807) is 0 Å². The van der Waals surface area contributed by atoms with E-state index in [0.29, 0.717) is 18.9 Å². The van der Waals surface area contributed by atoms with E-state index in [1.807, 2.05) is 61.0 Å². The lowest BCUT2D eigenvalue weighted by Gasteiger charge is -2.20. The van der Waals surface area contributed by atoms with Gasteiger partial charge in [-0.1, -0.05) is 24.3 Å². The Kier molecular flexibility index (Phi) is 4.16. The zero-order valence-electron chi connectivity index (χ0n) is 14.8. The lowest BCUT2D eigenvalue weighted by molar-refractivity contribution is -0.120. The topological polar surface area (TPSA) is 68.5 Å². The average Bonchev–Trinajstić information content (AvgIpc) is 2.96. The van der Waals surface area contributed by atoms with Crippen LogP contribution in [0, 0.1) is 6.92 Å². The maximum Gasteiger partial charge on any atom is 0.247 e. The molecular weight excluding hydrogens is 328 g/mol. The van der Waals surface area contributed by atoms with Gasteiger partial charge in [0.2, 0.25) is 5.91 Å². The van der Waals surface area contributed by atoms with Gasteiger partial charge in [0, 0.05) is 19.0 Å². The molecular formula is C20H20N4O2. The molecule has 132 valence electrons. The van der Waals surface area contributed by atoms with Gasteiger partial charge in [0.05, 0.1) is 29.8 Å². The van der Waals surface area contributed by atoms with Crippen LogP contribution in [0.15, 0.2) is 47.6 Å². The standard InChI is InChI=1S/C20H20N4O2/c1-13-6-5-7-14-15(10-11-26-20(13)14)22-23-19(25)12-18-21-16-8-3-4-9-17(16)24(18)2/h3-9H,10-12H2,1-2H3,(H,23,25). The van der Waals surface area contributed by atoms with Crippen molar-refractivity contribution >= 4 is 22.7 Å². The maximum atomic E-state index is 12.4. The Morgan fingerprint density at radius 2 is 2.12 bits per heavy atom. The first-order valence-electron chi connectivity index (χ1n) is 8.62. The van der Waals surface area contributed by atoms with Crippen molar-refractivity contribution in [3.8, 4) is 5.75 Å². The summed E-state index contributed by atoms with van der Waals surface area (Å²) in [6.45, 7) is 2.57. The molecule has 6 heteroatoms. The van der Waals surface area contributed by atoms with Gasteiger partial charge in [-0.25, -0.2) is 10.4 Å². The highest BCUT2D eigenvalue weighted by atomic mass is 16.5. The highest BCUT2D eigenvalue weighted by molar-refractivity contribution is 6.04. The van der Waals surface area contributed by atoms with Gasteiger partial charge in [-0.05, 0) is 30.7 Å². The smallest absolute Gasteiger partial charge is 0.247 e. The predicted octanol–water partition coefficient (Wildman–Crippen LogP) is 2.73. The van der Waals surface area contributed by atoms with Crippen molar-refractivity contribution in [2.45, 2.75) is 19.8 Å². The van der Waals surface area contributed by atoms with Gasteiger partial charge in [-0.2, -0.15) is 5.10 Å². The van der Waals surface area contributed by atoms with E-state index < -0.39 is 0 Å². The normalized spacial score (nSPS) is 14.9. The fourth-order valence-corrected chi connectivity index (χ4v) is 3.24. The van der Waals surface area contributed by atoms with Gasteiger partial charge in [-0.15, -0.1) is 0 Å². The minimum Gasteiger partial charge on any atom is -0.492 e. The molecule has 0 saturated carbocycles. The fourth-order valence-electron chi connectivity index (χ4n) is 3.24. The number of aromatic nitrogens is 2. The molecule has 1 aromatic heterocycles. The van der Waals surface area contributed by atoms with Crippen LogP contribution < -0.4 is 10.2 Å². The highest BCUT2D eigenvalue weighted by Crippen LogP contribution is 2.28. The average molecular weight is 348 g/mol. The number of imidazole rings is 1. The molecule has 0 aliphatic carbocycles. The van der Waals surface area contributed by atoms with Crippen LogP contribution in [0.25, 0.3) is 11.0 Å². The van der Waals surface area contributed by atoms with Gasteiger partial charge >= 0.3 is 0 Å². The van der Waals surface area contributed by atoms with Crippen molar-refractivity contribution in [1.29, 1.82) is 0 Å². The van der Waals surface area contributed by atoms with Crippen LogP contribution in [-0.2, 0) is 18.3 Å². The van der Waals surface area contributed by atoms with Crippen molar-refractivity contribution in [3.63, 3.8) is 0 Å². The van der Waals surface area contributed by atoms with E-state index >= 15 is 0 Å². The molecule has 1 aliphatic rings. The lowest BCUT2D eigenvalue weighted by atomic mass is 10.0. The highest BCUT2D eigenvalue weighted by Gasteiger charge is 2.19. The van der Waals surface area contributed by atoms with Crippen molar-refractivity contribution in [2.24, 2.45) is 12.1 Å². The molecule has 0 radical (unpaired) electrons. The number of amides is 1. The van der Waals surface area contributed by atoms with Gasteiger partial charge in [0.25, 0.3) is 0 Å². The van der Waals surface area contributed by atoms with Crippen molar-refractivity contribution < 1.29 is 9.53 Å². The van der Waals surface area contributed by atoms with E-state index in [0.717, 1.165) is 33.6 Å². The molecule has 26 heavy (non-hydrogen) atoms. The molecule has 2 aromatic carbocycles. The molecule has 0 atom stereocenters. The number of benzene rings is 2. The summed E-state index contributed by atoms with van der Waals surface area (Å²) >= 11 is 0. The third-order valence-corrected chi connectivity index (χ3v) is 4.62. The molecule has 0 spiro atoms. The second-order valence-corrected chi connectivity index (χ2v) is 6.40. The van der Waals surface area contributed by atoms with Crippen LogP contribution in [0.2, 0.25) is 0 Å². The van der Waals surface area contributed by atoms with Crippen LogP contribution in [0.1, 0.15) is 23.4 Å². The summed E-state index contributed by atoms with van der Waals surface area (Å²) in [6.07, 6.45) is 0.849. The number of hydrogen-bond donors (Lipinski definition) is 1. The predicted molar refractivity (Wildman–Crippen MR) is 100 cm³/mol. The number of nitrogens with one attached hydrogen (secondary N) is 1. The number of nitrogens with zero attached hydrogens (tertiary/aromatic N) is 3. The summed E-state index contributed by atoms with van der Waals surface area (Å²) in [5.74, 6) is 1.38. The van der Waals surface area contributed by atoms with E-state index in [4.69, 9.17) is 4.74 Å². The molecule has 1 amide bonds. The van der Waals surface area contributed by atoms with Crippen molar-refractivity contribution in [3.05, 3.63) is 59.4 Å². The van der Waals surface area contributed by atoms with Crippen LogP contribution in [0.3, 0.4) is 0 Å². The number of carbonyl (C=O) groups excluding carboxylic acids is 1. The fraction of sp³-hybridized carbons (Fsp3) is 0.250. The third-order valence-electron chi connectivity index (χ3n) is 4.62. The molecule has 0 bridgehead atoms. The molecule has 1 N–H and O–H groups in total. The Bertz CT molecular complexity index is 1020. The van der Waals surface area contributed by atoms with Crippen LogP contribution >= 0.6 is 0 Å². The molecule has 4 rings (SSSR count). The van der Waals surface area contributed by atoms with E-state index in [9.17, 15) is 4.79 Å². The first kappa shape index (κ1) is 16.3. The van der Waals surface area contributed by atoms with Crippen molar-refractivity contribution in [1.82, 2.24) is 15.0 Å². The lowest BCUT2D eigenvalue weighted by Crippen LogP contribution is -2.25. The summed E-state index contributed by atoms with van der Waals surface area (Å²) in [7, 11) is 1.92. The largest absolute Gasteiger partial charge is 0.492 e. The number of rotatable bonds is 3. The summed E-state index contributed by atoms with van der Waals surface area (Å²) in [5, 5.41) is 4.35. The Morgan fingerprint density at radius 3 is 2.96 bits per heavy atom. The molecule has 6 nitrogen and oxygen atoms in total. The first-order chi connectivity index (χ1) is 12.6. The van der Waals surface area contributed by atoms with Crippen LogP contribution in [0.4, 0.5) is 0 Å². The molecule has 2 heterocycles. The maximum absolute atomic E-state index is 12.4. The van der Waals surface area contributed by atoms with E-state index in [-0.39, 0.29) is 12.3 Å². The number of fused-ring (bicyclic) bond motifs is 2. The zero-order chi connectivity index (χ0) is 18.1. The number of carbonyl (C=O) groups is 1. The van der Waals surface area contributed by atoms with Crippen molar-refractivity contribution in [2.75, 3.05) is 6.61 Å². The number of hydrazone groups is 1. The molecule has 0 unspecified atom stereocenters. The van der Waals surface area contributed by atoms with Gasteiger partial charge < -0.3 is 9.30 Å². The minimum atomic E-state index is -0.184. The Balaban J connectivity index is 1.52. The second-order valence-electron chi connectivity index (χ2n) is 6.40. The van der Waals surface area contributed by atoms with Gasteiger partial charge in [-0.3, -0.25) is 4.79 Å². The van der Waals surface area contributed by atoms with Crippen LogP contribution in [-0.4, -0.2) is 27.8 Å². The SMILES string of the molecule is Cc1cccc2c1OCCC2=NNC(=O)Cc1nc2ccccc2n1C. The number of ether oxygens (including phenoxy) is 1. The minimum absolute atomic E-state index is 0.180. The Labute approximate surface area is 151 Å². The number of aryl methyl sites for hydroxylation is 2. The second kappa shape index (κ2) is 6.63. The van der Waals surface area contributed by atoms with Gasteiger partial charge in [0.15, 0.2) is 0 Å². The number of hydrogen-bond acceptors (Lipinski definition) is 4. The molecule has 3 aromatic rings. The molecule has 0 fully saturated rings. The third kappa shape index (κ3) is 2.94. The Hall–Kier alpha value is -3.15. The van der Waals surface area contributed by atoms with Crippen LogP contribution in [0.5, 0.6) is 5.75 Å². The summed E-state index contributed by atoms with van der Waals surface area (Å²) < 4.78 is 7.67. The monoisotopic (exact) mass is 348 g/mol. The quantitative estimate of drug-likeness (QED) is 0.740. The molecule has 0 saturated heterocycles. The van der Waals surface area contributed by atoms with E-state index in [1.165, 1.54) is 0 Å². The number of para-hydroxylation sites is 3. The first-order valence-corrected chi connectivity index (χ1v) is 8.62. The Morgan fingerprint density at radius 1 is 1.27 bits per heavy atom. The summed E-state index contributed by atoms with van der Waals surface area (Å²) in [6, 6.07) is 13.8. The van der Waals surface area contributed by atoms with E-state index in [2.05, 4.69) is 15.5 Å². The summed E-state index contributed by atoms with van der Waals surface area (Å²) in [4.78, 5) is 16.9.